The van der Waals surface area contributed by atoms with Gasteiger partial charge in [0, 0.05) is 30.2 Å². The van der Waals surface area contributed by atoms with Crippen LogP contribution in [0.15, 0.2) is 11.0 Å². The molecule has 2 heterocycles. The quantitative estimate of drug-likeness (QED) is 0.833. The van der Waals surface area contributed by atoms with Crippen LogP contribution in [0.1, 0.15) is 24.8 Å². The molecule has 0 amide bonds. The Morgan fingerprint density at radius 2 is 2.13 bits per heavy atom. The van der Waals surface area contributed by atoms with Gasteiger partial charge in [-0.2, -0.15) is 0 Å². The SMILES string of the molecule is O=c1[nH]c(N2CCCCC2)ncc1CBr. The molecule has 15 heavy (non-hydrogen) atoms. The minimum absolute atomic E-state index is 0.0394. The van der Waals surface area contributed by atoms with Crippen LogP contribution in [0.2, 0.25) is 0 Å². The van der Waals surface area contributed by atoms with Gasteiger partial charge in [-0.05, 0) is 19.3 Å². The fourth-order valence-electron chi connectivity index (χ4n) is 1.77. The van der Waals surface area contributed by atoms with Gasteiger partial charge in [0.1, 0.15) is 0 Å². The Labute approximate surface area is 96.8 Å². The number of alkyl halides is 1. The number of nitrogens with zero attached hydrogens (tertiary/aromatic N) is 2. The summed E-state index contributed by atoms with van der Waals surface area (Å²) in [5.74, 6) is 0.712. The molecule has 0 atom stereocenters. The van der Waals surface area contributed by atoms with Crippen molar-refractivity contribution in [3.8, 4) is 0 Å². The maximum Gasteiger partial charge on any atom is 0.256 e. The molecular weight excluding hydrogens is 258 g/mol. The van der Waals surface area contributed by atoms with E-state index in [1.54, 1.807) is 6.20 Å². The fraction of sp³-hybridized carbons (Fsp3) is 0.600. The molecule has 1 aliphatic heterocycles. The first-order valence-electron chi connectivity index (χ1n) is 5.20. The van der Waals surface area contributed by atoms with Crippen molar-refractivity contribution >= 4 is 21.9 Å². The van der Waals surface area contributed by atoms with Gasteiger partial charge in [-0.3, -0.25) is 9.78 Å². The average Bonchev–Trinajstić information content (AvgIpc) is 2.30. The van der Waals surface area contributed by atoms with Crippen LogP contribution in [0.25, 0.3) is 0 Å². The zero-order valence-electron chi connectivity index (χ0n) is 8.50. The Hall–Kier alpha value is -0.840. The summed E-state index contributed by atoms with van der Waals surface area (Å²) in [7, 11) is 0. The van der Waals surface area contributed by atoms with Crippen molar-refractivity contribution in [2.24, 2.45) is 0 Å². The van der Waals surface area contributed by atoms with Gasteiger partial charge in [-0.25, -0.2) is 4.98 Å². The molecule has 1 aromatic heterocycles. The van der Waals surface area contributed by atoms with Crippen LogP contribution in [-0.4, -0.2) is 23.1 Å². The molecule has 1 aliphatic rings. The standard InChI is InChI=1S/C10H14BrN3O/c11-6-8-7-12-10(13-9(8)15)14-4-2-1-3-5-14/h7H,1-6H2,(H,12,13,15). The minimum Gasteiger partial charge on any atom is -0.342 e. The highest BCUT2D eigenvalue weighted by Crippen LogP contribution is 2.14. The van der Waals surface area contributed by atoms with Crippen LogP contribution >= 0.6 is 15.9 Å². The molecule has 0 unspecified atom stereocenters. The molecule has 0 spiro atoms. The molecular formula is C10H14BrN3O. The van der Waals surface area contributed by atoms with Crippen molar-refractivity contribution in [2.75, 3.05) is 18.0 Å². The van der Waals surface area contributed by atoms with E-state index in [-0.39, 0.29) is 5.56 Å². The highest BCUT2D eigenvalue weighted by molar-refractivity contribution is 9.08. The topological polar surface area (TPSA) is 49.0 Å². The average molecular weight is 272 g/mol. The van der Waals surface area contributed by atoms with Crippen molar-refractivity contribution in [3.63, 3.8) is 0 Å². The molecule has 82 valence electrons. The summed E-state index contributed by atoms with van der Waals surface area (Å²) in [6, 6.07) is 0. The van der Waals surface area contributed by atoms with Crippen molar-refractivity contribution in [2.45, 2.75) is 24.6 Å². The summed E-state index contributed by atoms with van der Waals surface area (Å²) in [6.45, 7) is 1.99. The third kappa shape index (κ3) is 2.40. The molecule has 0 radical (unpaired) electrons. The Morgan fingerprint density at radius 3 is 2.73 bits per heavy atom. The Balaban J connectivity index is 2.21. The van der Waals surface area contributed by atoms with E-state index in [4.69, 9.17) is 0 Å². The van der Waals surface area contributed by atoms with Crippen LogP contribution in [0.5, 0.6) is 0 Å². The van der Waals surface area contributed by atoms with Gasteiger partial charge in [0.25, 0.3) is 5.56 Å². The van der Waals surface area contributed by atoms with E-state index in [0.29, 0.717) is 16.8 Å². The largest absolute Gasteiger partial charge is 0.342 e. The number of piperidine rings is 1. The Bertz CT molecular complexity index is 384. The van der Waals surface area contributed by atoms with E-state index < -0.39 is 0 Å². The van der Waals surface area contributed by atoms with Gasteiger partial charge >= 0.3 is 0 Å². The second-order valence-electron chi connectivity index (χ2n) is 3.74. The third-order valence-corrected chi connectivity index (χ3v) is 3.26. The highest BCUT2D eigenvalue weighted by atomic mass is 79.9. The first kappa shape index (κ1) is 10.7. The maximum atomic E-state index is 11.6. The second kappa shape index (κ2) is 4.79. The molecule has 5 heteroatoms. The van der Waals surface area contributed by atoms with E-state index >= 15 is 0 Å². The van der Waals surface area contributed by atoms with Crippen LogP contribution in [0, 0.1) is 0 Å². The number of hydrogen-bond donors (Lipinski definition) is 1. The van der Waals surface area contributed by atoms with E-state index in [2.05, 4.69) is 30.8 Å². The van der Waals surface area contributed by atoms with Crippen molar-refractivity contribution in [1.29, 1.82) is 0 Å². The summed E-state index contributed by atoms with van der Waals surface area (Å²) in [4.78, 5) is 20.8. The maximum absolute atomic E-state index is 11.6. The predicted octanol–water partition coefficient (Wildman–Crippen LogP) is 1.66. The van der Waals surface area contributed by atoms with Crippen LogP contribution in [0.3, 0.4) is 0 Å². The summed E-state index contributed by atoms with van der Waals surface area (Å²) in [6.07, 6.45) is 5.30. The monoisotopic (exact) mass is 271 g/mol. The first-order valence-corrected chi connectivity index (χ1v) is 6.32. The van der Waals surface area contributed by atoms with E-state index in [1.165, 1.54) is 19.3 Å². The van der Waals surface area contributed by atoms with Gasteiger partial charge in [-0.15, -0.1) is 0 Å². The summed E-state index contributed by atoms with van der Waals surface area (Å²) < 4.78 is 0. The molecule has 1 saturated heterocycles. The van der Waals surface area contributed by atoms with Crippen LogP contribution < -0.4 is 10.5 Å². The summed E-state index contributed by atoms with van der Waals surface area (Å²) in [5, 5.41) is 0.551. The molecule has 0 saturated carbocycles. The number of H-pyrrole nitrogens is 1. The van der Waals surface area contributed by atoms with Gasteiger partial charge < -0.3 is 4.90 Å². The molecule has 0 bridgehead atoms. The number of rotatable bonds is 2. The highest BCUT2D eigenvalue weighted by Gasteiger charge is 2.13. The number of aromatic nitrogens is 2. The first-order chi connectivity index (χ1) is 7.31. The number of halogens is 1. The normalized spacial score (nSPS) is 16.7. The third-order valence-electron chi connectivity index (χ3n) is 2.66. The van der Waals surface area contributed by atoms with Gasteiger partial charge in [-0.1, -0.05) is 15.9 Å². The summed E-state index contributed by atoms with van der Waals surface area (Å²) >= 11 is 3.26. The molecule has 1 N–H and O–H groups in total. The Kier molecular flexibility index (Phi) is 3.41. The zero-order valence-corrected chi connectivity index (χ0v) is 10.1. The number of nitrogens with one attached hydrogen (secondary N) is 1. The number of anilines is 1. The lowest BCUT2D eigenvalue weighted by Gasteiger charge is -2.26. The lowest BCUT2D eigenvalue weighted by Crippen LogP contribution is -2.32. The fourth-order valence-corrected chi connectivity index (χ4v) is 2.17. The van der Waals surface area contributed by atoms with Crippen molar-refractivity contribution in [1.82, 2.24) is 9.97 Å². The number of aromatic amines is 1. The van der Waals surface area contributed by atoms with E-state index in [9.17, 15) is 4.79 Å². The molecule has 0 aliphatic carbocycles. The second-order valence-corrected chi connectivity index (χ2v) is 4.30. The molecule has 1 aromatic rings. The van der Waals surface area contributed by atoms with E-state index in [0.717, 1.165) is 13.1 Å². The molecule has 0 aromatic carbocycles. The predicted molar refractivity (Wildman–Crippen MR) is 63.6 cm³/mol. The minimum atomic E-state index is -0.0394. The lowest BCUT2D eigenvalue weighted by molar-refractivity contribution is 0.567. The lowest BCUT2D eigenvalue weighted by atomic mass is 10.1. The van der Waals surface area contributed by atoms with Crippen LogP contribution in [0.4, 0.5) is 5.95 Å². The van der Waals surface area contributed by atoms with Crippen LogP contribution in [-0.2, 0) is 5.33 Å². The van der Waals surface area contributed by atoms with Crippen molar-refractivity contribution < 1.29 is 0 Å². The zero-order chi connectivity index (χ0) is 10.7. The number of hydrogen-bond acceptors (Lipinski definition) is 3. The smallest absolute Gasteiger partial charge is 0.256 e. The Morgan fingerprint density at radius 1 is 1.40 bits per heavy atom. The molecule has 2 rings (SSSR count). The van der Waals surface area contributed by atoms with Gasteiger partial charge in [0.15, 0.2) is 0 Å². The van der Waals surface area contributed by atoms with Gasteiger partial charge in [0.2, 0.25) is 5.95 Å². The van der Waals surface area contributed by atoms with Gasteiger partial charge in [0.05, 0.1) is 0 Å². The summed E-state index contributed by atoms with van der Waals surface area (Å²) in [5.41, 5.74) is 0.637. The van der Waals surface area contributed by atoms with Crippen molar-refractivity contribution in [3.05, 3.63) is 22.1 Å². The molecule has 4 nitrogen and oxygen atoms in total. The molecule has 1 fully saturated rings. The van der Waals surface area contributed by atoms with E-state index in [1.807, 2.05) is 0 Å².